The van der Waals surface area contributed by atoms with Crippen molar-refractivity contribution in [2.75, 3.05) is 13.1 Å². The van der Waals surface area contributed by atoms with Crippen LogP contribution in [0.3, 0.4) is 0 Å². The molecule has 2 aliphatic rings. The molecule has 4 heteroatoms. The Balaban J connectivity index is 1.93. The summed E-state index contributed by atoms with van der Waals surface area (Å²) in [5.74, 6) is 0.228. The molecule has 0 aromatic heterocycles. The number of alkyl halides is 1. The molecule has 0 spiro atoms. The average Bonchev–Trinajstić information content (AvgIpc) is 2.39. The minimum Gasteiger partial charge on any atom is -0.508 e. The Labute approximate surface area is 113 Å². The summed E-state index contributed by atoms with van der Waals surface area (Å²) in [7, 11) is 0. The first-order valence-corrected chi connectivity index (χ1v) is 7.04. The van der Waals surface area contributed by atoms with Crippen molar-refractivity contribution in [2.45, 2.75) is 44.7 Å². The largest absolute Gasteiger partial charge is 0.508 e. The van der Waals surface area contributed by atoms with Crippen LogP contribution >= 0.6 is 0 Å². The number of aromatic hydroxyl groups is 1. The minimum absolute atomic E-state index is 0.228. The number of hydrogen-bond acceptors (Lipinski definition) is 3. The lowest BCUT2D eigenvalue weighted by atomic mass is 9.84. The van der Waals surface area contributed by atoms with Gasteiger partial charge < -0.3 is 9.84 Å². The van der Waals surface area contributed by atoms with E-state index < -0.39 is 6.36 Å². The van der Waals surface area contributed by atoms with E-state index in [-0.39, 0.29) is 17.9 Å². The molecule has 1 saturated heterocycles. The molecule has 1 heterocycles. The molecule has 1 aromatic carbocycles. The average molecular weight is 265 g/mol. The van der Waals surface area contributed by atoms with Gasteiger partial charge in [0.2, 0.25) is 6.36 Å². The van der Waals surface area contributed by atoms with Gasteiger partial charge in [-0.15, -0.1) is 0 Å². The van der Waals surface area contributed by atoms with Gasteiger partial charge in [-0.2, -0.15) is 0 Å². The first kappa shape index (κ1) is 12.9. The molecular weight excluding hydrogens is 245 g/mol. The molecular formula is C15H20FNO2. The van der Waals surface area contributed by atoms with Gasteiger partial charge in [0.15, 0.2) is 0 Å². The number of benzene rings is 1. The van der Waals surface area contributed by atoms with Gasteiger partial charge in [-0.1, -0.05) is 13.0 Å². The van der Waals surface area contributed by atoms with Crippen LogP contribution in [-0.2, 0) is 11.2 Å². The van der Waals surface area contributed by atoms with Crippen molar-refractivity contribution < 1.29 is 14.2 Å². The number of phenols is 1. The second kappa shape index (κ2) is 5.10. The Hall–Kier alpha value is -1.13. The Morgan fingerprint density at radius 3 is 3.11 bits per heavy atom. The van der Waals surface area contributed by atoms with Crippen LogP contribution in [0.15, 0.2) is 18.2 Å². The molecule has 2 unspecified atom stereocenters. The molecule has 1 fully saturated rings. The van der Waals surface area contributed by atoms with E-state index in [9.17, 15) is 9.50 Å². The maximum absolute atomic E-state index is 13.8. The SMILES string of the molecule is CCCN1CC(F)O[C@@H]2c3cc(O)ccc3CCC21. The number of morpholine rings is 1. The number of nitrogens with zero attached hydrogens (tertiary/aromatic N) is 1. The van der Waals surface area contributed by atoms with Gasteiger partial charge >= 0.3 is 0 Å². The summed E-state index contributed by atoms with van der Waals surface area (Å²) < 4.78 is 19.3. The minimum atomic E-state index is -1.24. The van der Waals surface area contributed by atoms with Crippen molar-refractivity contribution in [2.24, 2.45) is 0 Å². The number of halogens is 1. The summed E-state index contributed by atoms with van der Waals surface area (Å²) in [6, 6.07) is 5.59. The van der Waals surface area contributed by atoms with Crippen molar-refractivity contribution in [3.8, 4) is 5.75 Å². The predicted molar refractivity (Wildman–Crippen MR) is 70.8 cm³/mol. The monoisotopic (exact) mass is 265 g/mol. The summed E-state index contributed by atoms with van der Waals surface area (Å²) >= 11 is 0. The highest BCUT2D eigenvalue weighted by Crippen LogP contribution is 2.40. The maximum atomic E-state index is 13.8. The van der Waals surface area contributed by atoms with Gasteiger partial charge in [-0.3, -0.25) is 4.90 Å². The van der Waals surface area contributed by atoms with E-state index in [1.54, 1.807) is 12.1 Å². The lowest BCUT2D eigenvalue weighted by Gasteiger charge is -2.45. The van der Waals surface area contributed by atoms with Crippen molar-refractivity contribution >= 4 is 0 Å². The number of phenolic OH excluding ortho intramolecular Hbond substituents is 1. The number of fused-ring (bicyclic) bond motifs is 3. The fourth-order valence-corrected chi connectivity index (χ4v) is 3.34. The van der Waals surface area contributed by atoms with Gasteiger partial charge in [0.25, 0.3) is 0 Å². The summed E-state index contributed by atoms with van der Waals surface area (Å²) in [5.41, 5.74) is 2.13. The zero-order valence-corrected chi connectivity index (χ0v) is 11.2. The van der Waals surface area contributed by atoms with Crippen LogP contribution in [0, 0.1) is 0 Å². The highest BCUT2D eigenvalue weighted by atomic mass is 19.1. The fourth-order valence-electron chi connectivity index (χ4n) is 3.34. The summed E-state index contributed by atoms with van der Waals surface area (Å²) in [4.78, 5) is 2.20. The molecule has 3 rings (SSSR count). The van der Waals surface area contributed by atoms with Gasteiger partial charge in [-0.05, 0) is 49.1 Å². The topological polar surface area (TPSA) is 32.7 Å². The number of ether oxygens (including phenoxy) is 1. The summed E-state index contributed by atoms with van der Waals surface area (Å²) in [6.07, 6.45) is 1.50. The number of rotatable bonds is 2. The molecule has 1 N–H and O–H groups in total. The fraction of sp³-hybridized carbons (Fsp3) is 0.600. The molecule has 3 atom stereocenters. The Morgan fingerprint density at radius 2 is 2.32 bits per heavy atom. The predicted octanol–water partition coefficient (Wildman–Crippen LogP) is 2.79. The van der Waals surface area contributed by atoms with Crippen LogP contribution in [0.1, 0.15) is 37.0 Å². The van der Waals surface area contributed by atoms with E-state index in [0.29, 0.717) is 6.54 Å². The van der Waals surface area contributed by atoms with Crippen LogP contribution < -0.4 is 0 Å². The van der Waals surface area contributed by atoms with Crippen LogP contribution in [0.5, 0.6) is 5.75 Å². The number of hydrogen-bond donors (Lipinski definition) is 1. The second-order valence-corrected chi connectivity index (χ2v) is 5.45. The molecule has 0 bridgehead atoms. The highest BCUT2D eigenvalue weighted by molar-refractivity contribution is 5.39. The lowest BCUT2D eigenvalue weighted by Crippen LogP contribution is -2.51. The first-order chi connectivity index (χ1) is 9.19. The maximum Gasteiger partial charge on any atom is 0.212 e. The molecule has 19 heavy (non-hydrogen) atoms. The third-order valence-corrected chi connectivity index (χ3v) is 4.15. The van der Waals surface area contributed by atoms with Gasteiger partial charge in [-0.25, -0.2) is 4.39 Å². The summed E-state index contributed by atoms with van der Waals surface area (Å²) in [5, 5.41) is 9.65. The Bertz CT molecular complexity index is 465. The van der Waals surface area contributed by atoms with Gasteiger partial charge in [0.1, 0.15) is 11.9 Å². The normalized spacial score (nSPS) is 30.7. The quantitative estimate of drug-likeness (QED) is 0.892. The van der Waals surface area contributed by atoms with E-state index in [0.717, 1.165) is 31.4 Å². The molecule has 0 saturated carbocycles. The molecule has 3 nitrogen and oxygen atoms in total. The van der Waals surface area contributed by atoms with Crippen LogP contribution in [-0.4, -0.2) is 35.5 Å². The van der Waals surface area contributed by atoms with Crippen LogP contribution in [0.2, 0.25) is 0 Å². The Kier molecular flexibility index (Phi) is 3.46. The van der Waals surface area contributed by atoms with E-state index in [2.05, 4.69) is 11.8 Å². The zero-order chi connectivity index (χ0) is 13.4. The molecule has 0 amide bonds. The van der Waals surface area contributed by atoms with Crippen molar-refractivity contribution in [1.29, 1.82) is 0 Å². The van der Waals surface area contributed by atoms with Gasteiger partial charge in [0, 0.05) is 6.04 Å². The second-order valence-electron chi connectivity index (χ2n) is 5.45. The van der Waals surface area contributed by atoms with E-state index in [1.807, 2.05) is 6.07 Å². The number of aryl methyl sites for hydroxylation is 1. The van der Waals surface area contributed by atoms with E-state index in [1.165, 1.54) is 5.56 Å². The lowest BCUT2D eigenvalue weighted by molar-refractivity contribution is -0.177. The van der Waals surface area contributed by atoms with E-state index in [4.69, 9.17) is 4.74 Å². The van der Waals surface area contributed by atoms with Crippen molar-refractivity contribution in [3.63, 3.8) is 0 Å². The molecule has 1 aromatic rings. The molecule has 104 valence electrons. The standard InChI is InChI=1S/C15H20FNO2/c1-2-7-17-9-14(16)19-15-12-8-11(18)5-3-10(12)4-6-13(15)17/h3,5,8,13-15,18H,2,4,6-7,9H2,1H3/t13?,14?,15-/m1/s1. The molecule has 0 radical (unpaired) electrons. The van der Waals surface area contributed by atoms with Crippen molar-refractivity contribution in [1.82, 2.24) is 4.90 Å². The van der Waals surface area contributed by atoms with Crippen molar-refractivity contribution in [3.05, 3.63) is 29.3 Å². The van der Waals surface area contributed by atoms with Crippen LogP contribution in [0.4, 0.5) is 4.39 Å². The smallest absolute Gasteiger partial charge is 0.212 e. The zero-order valence-electron chi connectivity index (χ0n) is 11.2. The molecule has 1 aliphatic carbocycles. The van der Waals surface area contributed by atoms with E-state index >= 15 is 0 Å². The first-order valence-electron chi connectivity index (χ1n) is 7.04. The Morgan fingerprint density at radius 1 is 1.47 bits per heavy atom. The summed E-state index contributed by atoms with van der Waals surface area (Å²) in [6.45, 7) is 3.38. The third-order valence-electron chi connectivity index (χ3n) is 4.15. The third kappa shape index (κ3) is 2.35. The van der Waals surface area contributed by atoms with Gasteiger partial charge in [0.05, 0.1) is 6.54 Å². The highest BCUT2D eigenvalue weighted by Gasteiger charge is 2.40. The van der Waals surface area contributed by atoms with Crippen LogP contribution in [0.25, 0.3) is 0 Å². The molecule has 1 aliphatic heterocycles.